The molecule has 3 rings (SSSR count). The number of rotatable bonds is 7. The molecule has 0 radical (unpaired) electrons. The quantitative estimate of drug-likeness (QED) is 0.757. The van der Waals surface area contributed by atoms with E-state index in [0.717, 1.165) is 35.5 Å². The second-order valence-electron chi connectivity index (χ2n) is 7.98. The lowest BCUT2D eigenvalue weighted by Gasteiger charge is -2.32. The van der Waals surface area contributed by atoms with Crippen LogP contribution >= 0.6 is 0 Å². The summed E-state index contributed by atoms with van der Waals surface area (Å²) in [5.74, 6) is 0.586. The molecule has 6 heteroatoms. The van der Waals surface area contributed by atoms with E-state index in [0.29, 0.717) is 26.1 Å². The summed E-state index contributed by atoms with van der Waals surface area (Å²) in [6, 6.07) is 15.4. The minimum Gasteiger partial charge on any atom is -0.493 e. The van der Waals surface area contributed by atoms with Gasteiger partial charge in [-0.1, -0.05) is 18.2 Å². The summed E-state index contributed by atoms with van der Waals surface area (Å²) in [6.45, 7) is 3.53. The third-order valence-electron chi connectivity index (χ3n) is 5.42. The van der Waals surface area contributed by atoms with Crippen molar-refractivity contribution >= 4 is 23.2 Å². The van der Waals surface area contributed by atoms with Crippen LogP contribution in [0, 0.1) is 12.8 Å². The molecule has 1 atom stereocenters. The average molecular weight is 410 g/mol. The Hall–Kier alpha value is -3.02. The number of piperidine rings is 1. The molecule has 0 saturated carbocycles. The summed E-state index contributed by atoms with van der Waals surface area (Å²) in [7, 11) is 4.00. The molecule has 2 aromatic rings. The maximum absolute atomic E-state index is 12.8. The Morgan fingerprint density at radius 1 is 1.17 bits per heavy atom. The molecule has 160 valence electrons. The van der Waals surface area contributed by atoms with E-state index in [-0.39, 0.29) is 17.7 Å². The van der Waals surface area contributed by atoms with Crippen LogP contribution in [-0.2, 0) is 9.59 Å². The zero-order chi connectivity index (χ0) is 21.5. The molecule has 1 saturated heterocycles. The molecule has 30 heavy (non-hydrogen) atoms. The Morgan fingerprint density at radius 3 is 2.63 bits per heavy atom. The van der Waals surface area contributed by atoms with Crippen molar-refractivity contribution in [1.29, 1.82) is 0 Å². The van der Waals surface area contributed by atoms with E-state index in [9.17, 15) is 9.59 Å². The molecule has 1 N–H and O–H groups in total. The van der Waals surface area contributed by atoms with Crippen LogP contribution in [0.25, 0.3) is 0 Å². The number of hydrogen-bond donors (Lipinski definition) is 1. The lowest BCUT2D eigenvalue weighted by atomic mass is 9.96. The first kappa shape index (κ1) is 21.7. The third kappa shape index (κ3) is 5.75. The number of likely N-dealkylation sites (tertiary alicyclic amines) is 1. The van der Waals surface area contributed by atoms with Crippen molar-refractivity contribution in [3.63, 3.8) is 0 Å². The van der Waals surface area contributed by atoms with Crippen molar-refractivity contribution in [2.75, 3.05) is 44.0 Å². The zero-order valence-electron chi connectivity index (χ0n) is 18.1. The van der Waals surface area contributed by atoms with Gasteiger partial charge in [0.25, 0.3) is 0 Å². The number of hydrogen-bond acceptors (Lipinski definition) is 4. The highest BCUT2D eigenvalue weighted by Crippen LogP contribution is 2.24. The topological polar surface area (TPSA) is 61.9 Å². The number of carbonyl (C=O) groups excluding carboxylic acids is 2. The van der Waals surface area contributed by atoms with Gasteiger partial charge >= 0.3 is 0 Å². The highest BCUT2D eigenvalue weighted by atomic mass is 16.5. The predicted molar refractivity (Wildman–Crippen MR) is 120 cm³/mol. The van der Waals surface area contributed by atoms with Crippen LogP contribution in [0.15, 0.2) is 48.5 Å². The van der Waals surface area contributed by atoms with Gasteiger partial charge in [0, 0.05) is 38.6 Å². The molecule has 1 aliphatic rings. The van der Waals surface area contributed by atoms with Gasteiger partial charge in [-0.15, -0.1) is 0 Å². The van der Waals surface area contributed by atoms with Gasteiger partial charge in [-0.05, 0) is 55.7 Å². The lowest BCUT2D eigenvalue weighted by molar-refractivity contribution is -0.135. The van der Waals surface area contributed by atoms with Crippen molar-refractivity contribution < 1.29 is 14.3 Å². The fraction of sp³-hybridized carbons (Fsp3) is 0.417. The van der Waals surface area contributed by atoms with E-state index in [1.807, 2.05) is 74.4 Å². The summed E-state index contributed by atoms with van der Waals surface area (Å²) in [6.07, 6.45) is 1.95. The van der Waals surface area contributed by atoms with Crippen molar-refractivity contribution in [3.8, 4) is 5.75 Å². The van der Waals surface area contributed by atoms with E-state index in [1.54, 1.807) is 4.90 Å². The average Bonchev–Trinajstić information content (AvgIpc) is 2.74. The van der Waals surface area contributed by atoms with Gasteiger partial charge in [0.05, 0.1) is 18.9 Å². The Balaban J connectivity index is 1.50. The molecule has 0 spiro atoms. The van der Waals surface area contributed by atoms with Crippen LogP contribution < -0.4 is 15.0 Å². The number of para-hydroxylation sites is 1. The SMILES string of the molecule is Cc1cc(NC(=O)C2CCCN(C(=O)CCOc3ccccc3)C2)ccc1N(C)C. The maximum atomic E-state index is 12.8. The van der Waals surface area contributed by atoms with Crippen LogP contribution in [0.1, 0.15) is 24.8 Å². The van der Waals surface area contributed by atoms with Gasteiger partial charge in [-0.3, -0.25) is 9.59 Å². The van der Waals surface area contributed by atoms with Crippen LogP contribution in [0.2, 0.25) is 0 Å². The molecule has 0 bridgehead atoms. The number of benzene rings is 2. The number of anilines is 2. The lowest BCUT2D eigenvalue weighted by Crippen LogP contribution is -2.44. The van der Waals surface area contributed by atoms with Gasteiger partial charge in [0.1, 0.15) is 5.75 Å². The first-order chi connectivity index (χ1) is 14.4. The number of carbonyl (C=O) groups is 2. The zero-order valence-corrected chi connectivity index (χ0v) is 18.1. The summed E-state index contributed by atoms with van der Waals surface area (Å²) in [4.78, 5) is 29.2. The van der Waals surface area contributed by atoms with Crippen LogP contribution in [0.4, 0.5) is 11.4 Å². The summed E-state index contributed by atoms with van der Waals surface area (Å²) < 4.78 is 5.63. The number of amides is 2. The van der Waals surface area contributed by atoms with Crippen LogP contribution in [0.3, 0.4) is 0 Å². The molecule has 1 aliphatic heterocycles. The van der Waals surface area contributed by atoms with Crippen molar-refractivity contribution in [3.05, 3.63) is 54.1 Å². The number of nitrogens with one attached hydrogen (secondary N) is 1. The molecule has 0 aliphatic carbocycles. The molecule has 1 fully saturated rings. The van der Waals surface area contributed by atoms with Gasteiger partial charge in [0.15, 0.2) is 0 Å². The number of nitrogens with zero attached hydrogens (tertiary/aromatic N) is 2. The molecule has 6 nitrogen and oxygen atoms in total. The van der Waals surface area contributed by atoms with Crippen LogP contribution in [-0.4, -0.2) is 50.5 Å². The summed E-state index contributed by atoms with van der Waals surface area (Å²) in [5.41, 5.74) is 3.03. The van der Waals surface area contributed by atoms with Gasteiger partial charge < -0.3 is 19.9 Å². The fourth-order valence-corrected chi connectivity index (χ4v) is 3.83. The van der Waals surface area contributed by atoms with Gasteiger partial charge in [-0.2, -0.15) is 0 Å². The second kappa shape index (κ2) is 10.1. The van der Waals surface area contributed by atoms with Gasteiger partial charge in [0.2, 0.25) is 11.8 Å². The first-order valence-corrected chi connectivity index (χ1v) is 10.5. The van der Waals surface area contributed by atoms with E-state index >= 15 is 0 Å². The highest BCUT2D eigenvalue weighted by Gasteiger charge is 2.28. The minimum atomic E-state index is -0.188. The molecule has 1 heterocycles. The van der Waals surface area contributed by atoms with Crippen molar-refractivity contribution in [2.45, 2.75) is 26.2 Å². The van der Waals surface area contributed by atoms with E-state index < -0.39 is 0 Å². The third-order valence-corrected chi connectivity index (χ3v) is 5.42. The Labute approximate surface area is 178 Å². The van der Waals surface area contributed by atoms with Crippen molar-refractivity contribution in [2.24, 2.45) is 5.92 Å². The van der Waals surface area contributed by atoms with Crippen molar-refractivity contribution in [1.82, 2.24) is 4.90 Å². The number of ether oxygens (including phenoxy) is 1. The summed E-state index contributed by atoms with van der Waals surface area (Å²) >= 11 is 0. The molecule has 2 aromatic carbocycles. The van der Waals surface area contributed by atoms with E-state index in [4.69, 9.17) is 4.74 Å². The predicted octanol–water partition coefficient (Wildman–Crippen LogP) is 3.71. The van der Waals surface area contributed by atoms with E-state index in [1.165, 1.54) is 0 Å². The monoisotopic (exact) mass is 409 g/mol. The fourth-order valence-electron chi connectivity index (χ4n) is 3.83. The molecule has 2 amide bonds. The standard InChI is InChI=1S/C24H31N3O3/c1-18-16-20(11-12-22(18)26(2)3)25-24(29)19-8-7-14-27(17-19)23(28)13-15-30-21-9-5-4-6-10-21/h4-6,9-12,16,19H,7-8,13-15,17H2,1-3H3,(H,25,29). The van der Waals surface area contributed by atoms with Gasteiger partial charge in [-0.25, -0.2) is 0 Å². The largest absolute Gasteiger partial charge is 0.493 e. The number of aryl methyl sites for hydroxylation is 1. The maximum Gasteiger partial charge on any atom is 0.229 e. The first-order valence-electron chi connectivity index (χ1n) is 10.5. The van der Waals surface area contributed by atoms with Crippen LogP contribution in [0.5, 0.6) is 5.75 Å². The molecule has 0 aromatic heterocycles. The van der Waals surface area contributed by atoms with E-state index in [2.05, 4.69) is 5.32 Å². The molecule has 1 unspecified atom stereocenters. The molecular formula is C24H31N3O3. The minimum absolute atomic E-state index is 0.0231. The molecular weight excluding hydrogens is 378 g/mol. The normalized spacial score (nSPS) is 16.1. The Morgan fingerprint density at radius 2 is 1.93 bits per heavy atom. The second-order valence-corrected chi connectivity index (χ2v) is 7.98. The Kier molecular flexibility index (Phi) is 7.33. The highest BCUT2D eigenvalue weighted by molar-refractivity contribution is 5.93. The smallest absolute Gasteiger partial charge is 0.229 e. The Bertz CT molecular complexity index is 867. The summed E-state index contributed by atoms with van der Waals surface area (Å²) in [5, 5.41) is 3.02.